The molecule has 3 unspecified atom stereocenters. The first-order valence-corrected chi connectivity index (χ1v) is 7.98. The van der Waals surface area contributed by atoms with Crippen molar-refractivity contribution >= 4 is 17.7 Å². The van der Waals surface area contributed by atoms with Crippen LogP contribution < -0.4 is 5.32 Å². The Bertz CT molecular complexity index is 288. The van der Waals surface area contributed by atoms with Crippen molar-refractivity contribution in [1.82, 2.24) is 10.2 Å². The Morgan fingerprint density at radius 3 is 3.06 bits per heavy atom. The highest BCUT2D eigenvalue weighted by Gasteiger charge is 2.37. The molecule has 0 aromatic rings. The second kappa shape index (κ2) is 6.78. The fraction of sp³-hybridized carbons (Fsp3) is 0.923. The quantitative estimate of drug-likeness (QED) is 0.828. The predicted octanol–water partition coefficient (Wildman–Crippen LogP) is 0.965. The zero-order valence-electron chi connectivity index (χ0n) is 11.4. The van der Waals surface area contributed by atoms with E-state index in [-0.39, 0.29) is 17.9 Å². The van der Waals surface area contributed by atoms with E-state index in [0.29, 0.717) is 18.5 Å². The summed E-state index contributed by atoms with van der Waals surface area (Å²) in [4.78, 5) is 14.5. The molecule has 1 N–H and O–H groups in total. The summed E-state index contributed by atoms with van der Waals surface area (Å²) in [6, 6.07) is 0.210. The van der Waals surface area contributed by atoms with Crippen molar-refractivity contribution in [3.8, 4) is 0 Å². The minimum absolute atomic E-state index is 0.0202. The van der Waals surface area contributed by atoms with Gasteiger partial charge in [0.1, 0.15) is 0 Å². The minimum Gasteiger partial charge on any atom is -0.379 e. The molecule has 4 nitrogen and oxygen atoms in total. The van der Waals surface area contributed by atoms with Gasteiger partial charge in [-0.05, 0) is 13.0 Å². The van der Waals surface area contributed by atoms with Gasteiger partial charge in [-0.15, -0.1) is 0 Å². The third-order valence-corrected chi connectivity index (χ3v) is 4.74. The highest BCUT2D eigenvalue weighted by molar-refractivity contribution is 7.99. The number of nitrogens with zero attached hydrogens (tertiary/aromatic N) is 1. The molecule has 0 bridgehead atoms. The van der Waals surface area contributed by atoms with Gasteiger partial charge in [0.25, 0.3) is 0 Å². The van der Waals surface area contributed by atoms with Crippen LogP contribution in [0, 0.1) is 5.92 Å². The molecule has 0 saturated carbocycles. The number of hydrogen-bond acceptors (Lipinski definition) is 4. The second-order valence-corrected chi connectivity index (χ2v) is 6.72. The molecule has 3 atom stereocenters. The smallest absolute Gasteiger partial charge is 0.229 e. The van der Waals surface area contributed by atoms with Crippen LogP contribution in [0.2, 0.25) is 0 Å². The van der Waals surface area contributed by atoms with E-state index < -0.39 is 0 Å². The summed E-state index contributed by atoms with van der Waals surface area (Å²) in [5.41, 5.74) is 0. The van der Waals surface area contributed by atoms with Gasteiger partial charge in [-0.1, -0.05) is 13.8 Å². The Kier molecular flexibility index (Phi) is 5.33. The van der Waals surface area contributed by atoms with E-state index in [1.54, 1.807) is 0 Å². The number of thioether (sulfide) groups is 1. The zero-order chi connectivity index (χ0) is 13.0. The molecule has 2 rings (SSSR count). The summed E-state index contributed by atoms with van der Waals surface area (Å²) in [7, 11) is 0. The molecule has 5 heteroatoms. The third kappa shape index (κ3) is 3.39. The Balaban J connectivity index is 1.90. The maximum absolute atomic E-state index is 12.5. The monoisotopic (exact) mass is 272 g/mol. The van der Waals surface area contributed by atoms with Gasteiger partial charge in [0, 0.05) is 30.1 Å². The fourth-order valence-corrected chi connectivity index (χ4v) is 3.60. The summed E-state index contributed by atoms with van der Waals surface area (Å²) in [6.45, 7) is 8.34. The Morgan fingerprint density at radius 1 is 1.50 bits per heavy atom. The second-order valence-electron chi connectivity index (χ2n) is 5.17. The molecule has 2 saturated heterocycles. The van der Waals surface area contributed by atoms with Crippen molar-refractivity contribution in [2.45, 2.75) is 31.6 Å². The van der Waals surface area contributed by atoms with Gasteiger partial charge in [-0.25, -0.2) is 0 Å². The van der Waals surface area contributed by atoms with Crippen molar-refractivity contribution in [3.05, 3.63) is 0 Å². The SMILES string of the molecule is CCCNC1COCC1C(=O)N1CCSC(C)C1. The molecule has 0 aliphatic carbocycles. The Labute approximate surface area is 114 Å². The predicted molar refractivity (Wildman–Crippen MR) is 74.9 cm³/mol. The van der Waals surface area contributed by atoms with E-state index in [2.05, 4.69) is 19.2 Å². The lowest BCUT2D eigenvalue weighted by Gasteiger charge is -2.33. The number of nitrogens with one attached hydrogen (secondary N) is 1. The summed E-state index contributed by atoms with van der Waals surface area (Å²) in [5, 5.41) is 4.00. The summed E-state index contributed by atoms with van der Waals surface area (Å²) in [6.07, 6.45) is 1.09. The lowest BCUT2D eigenvalue weighted by molar-refractivity contribution is -0.135. The minimum atomic E-state index is 0.0202. The number of amides is 1. The topological polar surface area (TPSA) is 41.6 Å². The van der Waals surface area contributed by atoms with E-state index in [4.69, 9.17) is 4.74 Å². The highest BCUT2D eigenvalue weighted by atomic mass is 32.2. The molecule has 0 radical (unpaired) electrons. The van der Waals surface area contributed by atoms with E-state index in [1.807, 2.05) is 16.7 Å². The molecule has 1 amide bonds. The molecular weight excluding hydrogens is 248 g/mol. The molecule has 2 aliphatic heterocycles. The van der Waals surface area contributed by atoms with E-state index in [1.165, 1.54) is 0 Å². The van der Waals surface area contributed by atoms with Gasteiger partial charge < -0.3 is 15.0 Å². The van der Waals surface area contributed by atoms with Crippen LogP contribution in [0.25, 0.3) is 0 Å². The van der Waals surface area contributed by atoms with Gasteiger partial charge in [0.05, 0.1) is 19.1 Å². The molecule has 2 fully saturated rings. The molecule has 0 aromatic carbocycles. The van der Waals surface area contributed by atoms with Crippen LogP contribution in [0.5, 0.6) is 0 Å². The van der Waals surface area contributed by atoms with Crippen LogP contribution in [-0.2, 0) is 9.53 Å². The standard InChI is InChI=1S/C13H24N2O2S/c1-3-4-14-12-9-17-8-11(12)13(16)15-5-6-18-10(2)7-15/h10-12,14H,3-9H2,1-2H3. The number of carbonyl (C=O) groups excluding carboxylic acids is 1. The summed E-state index contributed by atoms with van der Waals surface area (Å²) < 4.78 is 5.49. The number of hydrogen-bond donors (Lipinski definition) is 1. The molecule has 104 valence electrons. The van der Waals surface area contributed by atoms with Gasteiger partial charge in [-0.3, -0.25) is 4.79 Å². The maximum Gasteiger partial charge on any atom is 0.229 e. The van der Waals surface area contributed by atoms with Crippen molar-refractivity contribution in [1.29, 1.82) is 0 Å². The molecule has 18 heavy (non-hydrogen) atoms. The van der Waals surface area contributed by atoms with Gasteiger partial charge in [0.15, 0.2) is 0 Å². The normalized spacial score (nSPS) is 32.8. The van der Waals surface area contributed by atoms with Crippen molar-refractivity contribution in [2.75, 3.05) is 38.6 Å². The van der Waals surface area contributed by atoms with E-state index >= 15 is 0 Å². The molecule has 2 heterocycles. The van der Waals surface area contributed by atoms with Crippen LogP contribution >= 0.6 is 11.8 Å². The summed E-state index contributed by atoms with van der Waals surface area (Å²) >= 11 is 1.96. The molecule has 0 aromatic heterocycles. The Hall–Kier alpha value is -0.260. The first-order chi connectivity index (χ1) is 8.72. The van der Waals surface area contributed by atoms with Crippen molar-refractivity contribution in [3.63, 3.8) is 0 Å². The van der Waals surface area contributed by atoms with E-state index in [0.717, 1.165) is 31.8 Å². The van der Waals surface area contributed by atoms with Crippen LogP contribution in [0.1, 0.15) is 20.3 Å². The molecule has 2 aliphatic rings. The first-order valence-electron chi connectivity index (χ1n) is 6.94. The number of rotatable bonds is 4. The Morgan fingerprint density at radius 2 is 2.33 bits per heavy atom. The van der Waals surface area contributed by atoms with Crippen molar-refractivity contribution < 1.29 is 9.53 Å². The third-order valence-electron chi connectivity index (χ3n) is 3.61. The summed E-state index contributed by atoms with van der Waals surface area (Å²) in [5.74, 6) is 1.37. The van der Waals surface area contributed by atoms with Crippen LogP contribution in [0.15, 0.2) is 0 Å². The maximum atomic E-state index is 12.5. The van der Waals surface area contributed by atoms with Gasteiger partial charge >= 0.3 is 0 Å². The largest absolute Gasteiger partial charge is 0.379 e. The lowest BCUT2D eigenvalue weighted by Crippen LogP contribution is -2.49. The van der Waals surface area contributed by atoms with Gasteiger partial charge in [-0.2, -0.15) is 11.8 Å². The average Bonchev–Trinajstić information content (AvgIpc) is 2.83. The highest BCUT2D eigenvalue weighted by Crippen LogP contribution is 2.22. The molecule has 0 spiro atoms. The fourth-order valence-electron chi connectivity index (χ4n) is 2.58. The van der Waals surface area contributed by atoms with Crippen molar-refractivity contribution in [2.24, 2.45) is 5.92 Å². The first kappa shape index (κ1) is 14.2. The average molecular weight is 272 g/mol. The van der Waals surface area contributed by atoms with Crippen LogP contribution in [0.4, 0.5) is 0 Å². The van der Waals surface area contributed by atoms with E-state index in [9.17, 15) is 4.79 Å². The lowest BCUT2D eigenvalue weighted by atomic mass is 10.0. The van der Waals surface area contributed by atoms with Crippen LogP contribution in [0.3, 0.4) is 0 Å². The number of carbonyl (C=O) groups is 1. The molecular formula is C13H24N2O2S. The van der Waals surface area contributed by atoms with Crippen LogP contribution in [-0.4, -0.2) is 60.7 Å². The van der Waals surface area contributed by atoms with Gasteiger partial charge in [0.2, 0.25) is 5.91 Å². The zero-order valence-corrected chi connectivity index (χ0v) is 12.2. The number of ether oxygens (including phenoxy) is 1.